The molecule has 0 saturated heterocycles. The molecule has 3 N–H and O–H groups in total. The van der Waals surface area contributed by atoms with Crippen molar-refractivity contribution < 1.29 is 14.4 Å². The third-order valence-corrected chi connectivity index (χ3v) is 7.14. The van der Waals surface area contributed by atoms with E-state index in [0.717, 1.165) is 27.9 Å². The van der Waals surface area contributed by atoms with Crippen molar-refractivity contribution in [2.45, 2.75) is 12.3 Å². The number of benzene rings is 4. The third kappa shape index (κ3) is 5.38. The lowest BCUT2D eigenvalue weighted by atomic mass is 10.0. The van der Waals surface area contributed by atoms with Crippen LogP contribution in [0.25, 0.3) is 28.1 Å². The van der Waals surface area contributed by atoms with E-state index in [-0.39, 0.29) is 0 Å². The Hall–Kier alpha value is -3.80. The molecule has 180 valence electrons. The molecule has 6 nitrogen and oxygen atoms in total. The zero-order valence-electron chi connectivity index (χ0n) is 19.5. The molecule has 1 aromatic heterocycles. The maximum Gasteiger partial charge on any atom is 0.346 e. The molecule has 0 radical (unpaired) electrons. The Kier molecular flexibility index (Phi) is 6.94. The van der Waals surface area contributed by atoms with Crippen molar-refractivity contribution in [3.63, 3.8) is 0 Å². The fourth-order valence-corrected chi connectivity index (χ4v) is 5.08. The molecular weight excluding hydrogens is 469 g/mol. The molecule has 0 spiro atoms. The molecule has 5 rings (SSSR count). The maximum absolute atomic E-state index is 12.7. The van der Waals surface area contributed by atoms with E-state index in [9.17, 15) is 14.4 Å². The number of nitrogens with one attached hydrogen (secondary N) is 1. The average Bonchev–Trinajstić information content (AvgIpc) is 3.35. The van der Waals surface area contributed by atoms with Gasteiger partial charge in [0.1, 0.15) is 5.78 Å². The summed E-state index contributed by atoms with van der Waals surface area (Å²) < 4.78 is 14.4. The van der Waals surface area contributed by atoms with Crippen LogP contribution in [0.3, 0.4) is 0 Å². The number of rotatable bonds is 8. The minimum absolute atomic E-state index is 0.305. The maximum atomic E-state index is 12.7. The highest BCUT2D eigenvalue weighted by Crippen LogP contribution is 2.52. The van der Waals surface area contributed by atoms with E-state index < -0.39 is 13.4 Å². The molecule has 7 heteroatoms. The molecule has 36 heavy (non-hydrogen) atoms. The zero-order valence-corrected chi connectivity index (χ0v) is 20.4. The Balaban J connectivity index is 1.57. The number of aromatic nitrogens is 2. The molecule has 0 unspecified atom stereocenters. The van der Waals surface area contributed by atoms with Crippen molar-refractivity contribution in [3.8, 4) is 28.1 Å². The summed E-state index contributed by atoms with van der Waals surface area (Å²) in [5.74, 6) is -1.22. The van der Waals surface area contributed by atoms with Gasteiger partial charge in [0.05, 0.1) is 11.4 Å². The molecular formula is C29H26N3O3P. The van der Waals surface area contributed by atoms with Gasteiger partial charge in [0.25, 0.3) is 0 Å². The topological polar surface area (TPSA) is 87.4 Å². The van der Waals surface area contributed by atoms with Crippen molar-refractivity contribution in [1.29, 1.82) is 0 Å². The van der Waals surface area contributed by atoms with Crippen LogP contribution in [0, 0.1) is 0 Å². The first-order chi connectivity index (χ1) is 17.5. The Morgan fingerprint density at radius 2 is 1.25 bits per heavy atom. The second-order valence-corrected chi connectivity index (χ2v) is 10.2. The fourth-order valence-electron chi connectivity index (χ4n) is 4.20. The quantitative estimate of drug-likeness (QED) is 0.224. The third-order valence-electron chi connectivity index (χ3n) is 6.00. The average molecular weight is 496 g/mol. The number of nitrogens with zero attached hydrogens (tertiary/aromatic N) is 2. The standard InChI is InChI=1S/C29H26N3O3P/c33-36(34,35)29(30-20-22-10-4-1-5-11-22)27-21-32(26-14-8-3-9-15-26)31-28(27)25-18-16-24(17-19-25)23-12-6-2-7-13-23/h1-19,21,29-30H,20H2,(H2,33,34,35)/t29-/m0/s1. The van der Waals surface area contributed by atoms with E-state index in [4.69, 9.17) is 5.10 Å². The van der Waals surface area contributed by atoms with Crippen molar-refractivity contribution in [2.24, 2.45) is 0 Å². The molecule has 0 amide bonds. The first kappa shape index (κ1) is 23.9. The summed E-state index contributed by atoms with van der Waals surface area (Å²) in [6.45, 7) is 0.305. The highest BCUT2D eigenvalue weighted by molar-refractivity contribution is 7.52. The van der Waals surface area contributed by atoms with E-state index in [0.29, 0.717) is 17.8 Å². The fraction of sp³-hybridized carbons (Fsp3) is 0.0690. The Morgan fingerprint density at radius 1 is 0.722 bits per heavy atom. The van der Waals surface area contributed by atoms with E-state index in [1.54, 1.807) is 10.9 Å². The van der Waals surface area contributed by atoms with Crippen molar-refractivity contribution in [1.82, 2.24) is 15.1 Å². The zero-order chi connectivity index (χ0) is 25.0. The molecule has 0 fully saturated rings. The van der Waals surface area contributed by atoms with Gasteiger partial charge in [-0.1, -0.05) is 103 Å². The summed E-state index contributed by atoms with van der Waals surface area (Å²) in [4.78, 5) is 20.7. The normalized spacial score (nSPS) is 12.4. The molecule has 1 atom stereocenters. The first-order valence-electron chi connectivity index (χ1n) is 11.6. The van der Waals surface area contributed by atoms with Gasteiger partial charge in [-0.15, -0.1) is 0 Å². The highest BCUT2D eigenvalue weighted by atomic mass is 31.2. The predicted molar refractivity (Wildman–Crippen MR) is 143 cm³/mol. The second-order valence-electron chi connectivity index (χ2n) is 8.51. The van der Waals surface area contributed by atoms with Gasteiger partial charge >= 0.3 is 7.60 Å². The largest absolute Gasteiger partial charge is 0.346 e. The van der Waals surface area contributed by atoms with E-state index in [1.807, 2.05) is 115 Å². The Labute approximate surface area is 210 Å². The molecule has 0 saturated carbocycles. The van der Waals surface area contributed by atoms with Gasteiger partial charge in [0.15, 0.2) is 0 Å². The molecule has 0 aliphatic rings. The van der Waals surface area contributed by atoms with E-state index in [2.05, 4.69) is 5.32 Å². The van der Waals surface area contributed by atoms with Crippen LogP contribution >= 0.6 is 7.60 Å². The summed E-state index contributed by atoms with van der Waals surface area (Å²) in [5, 5.41) is 7.86. The smallest absolute Gasteiger partial charge is 0.323 e. The monoisotopic (exact) mass is 495 g/mol. The van der Waals surface area contributed by atoms with Gasteiger partial charge in [0, 0.05) is 23.9 Å². The molecule has 4 aromatic carbocycles. The van der Waals surface area contributed by atoms with Gasteiger partial charge in [-0.05, 0) is 28.8 Å². The molecule has 0 bridgehead atoms. The van der Waals surface area contributed by atoms with Crippen molar-refractivity contribution in [3.05, 3.63) is 133 Å². The number of hydrogen-bond donors (Lipinski definition) is 3. The van der Waals surface area contributed by atoms with Crippen LogP contribution in [0.2, 0.25) is 0 Å². The summed E-state index contributed by atoms with van der Waals surface area (Å²) in [5.41, 5.74) is 5.62. The van der Waals surface area contributed by atoms with Crippen LogP contribution in [0.5, 0.6) is 0 Å². The Bertz CT molecular complexity index is 1470. The lowest BCUT2D eigenvalue weighted by molar-refractivity contribution is 0.347. The summed E-state index contributed by atoms with van der Waals surface area (Å²) in [7, 11) is -4.58. The van der Waals surface area contributed by atoms with Crippen LogP contribution in [0.4, 0.5) is 0 Å². The lowest BCUT2D eigenvalue weighted by Gasteiger charge is -2.20. The summed E-state index contributed by atoms with van der Waals surface area (Å²) in [6, 6.07) is 37.0. The molecule has 5 aromatic rings. The Morgan fingerprint density at radius 3 is 1.86 bits per heavy atom. The van der Waals surface area contributed by atoms with Gasteiger partial charge in [-0.3, -0.25) is 9.88 Å². The van der Waals surface area contributed by atoms with Crippen molar-refractivity contribution in [2.75, 3.05) is 0 Å². The number of para-hydroxylation sites is 1. The van der Waals surface area contributed by atoms with Crippen LogP contribution in [0.1, 0.15) is 16.9 Å². The van der Waals surface area contributed by atoms with Crippen LogP contribution < -0.4 is 5.32 Å². The SMILES string of the molecule is O=P(O)(O)[C@H](NCc1ccccc1)c1cn(-c2ccccc2)nc1-c1ccc(-c2ccccc2)cc1. The van der Waals surface area contributed by atoms with Crippen LogP contribution in [0.15, 0.2) is 121 Å². The van der Waals surface area contributed by atoms with Crippen LogP contribution in [-0.4, -0.2) is 19.6 Å². The minimum atomic E-state index is -4.58. The summed E-state index contributed by atoms with van der Waals surface area (Å²) >= 11 is 0. The molecule has 0 aliphatic heterocycles. The number of hydrogen-bond acceptors (Lipinski definition) is 3. The van der Waals surface area contributed by atoms with E-state index in [1.165, 1.54) is 0 Å². The van der Waals surface area contributed by atoms with Gasteiger partial charge < -0.3 is 9.79 Å². The van der Waals surface area contributed by atoms with Crippen molar-refractivity contribution >= 4 is 7.60 Å². The predicted octanol–water partition coefficient (Wildman–Crippen LogP) is 6.17. The molecule has 0 aliphatic carbocycles. The summed E-state index contributed by atoms with van der Waals surface area (Å²) in [6.07, 6.45) is 1.71. The van der Waals surface area contributed by atoms with Gasteiger partial charge in [-0.25, -0.2) is 4.68 Å². The highest BCUT2D eigenvalue weighted by Gasteiger charge is 2.34. The first-order valence-corrected chi connectivity index (χ1v) is 13.3. The molecule has 1 heterocycles. The minimum Gasteiger partial charge on any atom is -0.323 e. The van der Waals surface area contributed by atoms with Gasteiger partial charge in [-0.2, -0.15) is 5.10 Å². The van der Waals surface area contributed by atoms with E-state index >= 15 is 0 Å². The second kappa shape index (κ2) is 10.4. The lowest BCUT2D eigenvalue weighted by Crippen LogP contribution is -2.21. The van der Waals surface area contributed by atoms with Crippen LogP contribution in [-0.2, 0) is 11.1 Å². The van der Waals surface area contributed by atoms with Gasteiger partial charge in [0.2, 0.25) is 0 Å².